The quantitative estimate of drug-likeness (QED) is 0.136. The minimum Gasteiger partial charge on any atom is -0.423 e. The van der Waals surface area contributed by atoms with E-state index in [1.165, 1.54) is 18.3 Å². The predicted molar refractivity (Wildman–Crippen MR) is 135 cm³/mol. The average Bonchev–Trinajstić information content (AvgIpc) is 2.78. The van der Waals surface area contributed by atoms with Crippen LogP contribution in [0.1, 0.15) is 26.3 Å². The normalized spacial score (nSPS) is 10.6. The molecule has 0 atom stereocenters. The Labute approximate surface area is 213 Å². The van der Waals surface area contributed by atoms with Gasteiger partial charge < -0.3 is 10.1 Å². The van der Waals surface area contributed by atoms with Crippen LogP contribution in [0.15, 0.2) is 71.8 Å². The van der Waals surface area contributed by atoms with Gasteiger partial charge in [0.1, 0.15) is 5.75 Å². The van der Waals surface area contributed by atoms with Crippen molar-refractivity contribution in [3.63, 3.8) is 0 Å². The van der Waals surface area contributed by atoms with Gasteiger partial charge >= 0.3 is 5.97 Å². The fourth-order valence-electron chi connectivity index (χ4n) is 2.59. The number of hydrazone groups is 1. The Bertz CT molecular complexity index is 1230. The van der Waals surface area contributed by atoms with Crippen LogP contribution in [0.2, 0.25) is 10.0 Å². The molecule has 0 saturated carbocycles. The summed E-state index contributed by atoms with van der Waals surface area (Å²) in [7, 11) is 0. The Morgan fingerprint density at radius 1 is 0.970 bits per heavy atom. The summed E-state index contributed by atoms with van der Waals surface area (Å²) in [5.41, 5.74) is 3.57. The van der Waals surface area contributed by atoms with Crippen molar-refractivity contribution in [1.82, 2.24) is 10.7 Å². The van der Waals surface area contributed by atoms with Crippen LogP contribution in [0, 0.1) is 3.57 Å². The number of rotatable bonds is 7. The number of esters is 1. The van der Waals surface area contributed by atoms with Crippen LogP contribution in [0.3, 0.4) is 0 Å². The van der Waals surface area contributed by atoms with Gasteiger partial charge in [0.15, 0.2) is 0 Å². The number of hydrogen-bond acceptors (Lipinski definition) is 5. The van der Waals surface area contributed by atoms with Crippen molar-refractivity contribution in [3.05, 3.63) is 97.0 Å². The SMILES string of the molecule is O=C(CNC(=O)c1ccccc1I)NN=Cc1cccc(OC(=O)c2ccc(Cl)cc2Cl)c1. The molecule has 0 saturated heterocycles. The number of halogens is 3. The molecule has 0 heterocycles. The van der Waals surface area contributed by atoms with Crippen LogP contribution < -0.4 is 15.5 Å². The zero-order valence-corrected chi connectivity index (χ0v) is 20.5. The molecule has 0 aromatic heterocycles. The van der Waals surface area contributed by atoms with Crippen LogP contribution in [0.5, 0.6) is 5.75 Å². The van der Waals surface area contributed by atoms with E-state index in [-0.39, 0.29) is 28.8 Å². The lowest BCUT2D eigenvalue weighted by Crippen LogP contribution is -2.35. The van der Waals surface area contributed by atoms with Crippen molar-refractivity contribution in [2.75, 3.05) is 6.54 Å². The van der Waals surface area contributed by atoms with Gasteiger partial charge in [-0.1, -0.05) is 47.5 Å². The maximum Gasteiger partial charge on any atom is 0.345 e. The molecular formula is C23H16Cl2IN3O4. The molecule has 33 heavy (non-hydrogen) atoms. The third-order valence-corrected chi connectivity index (χ3v) is 5.64. The molecule has 0 aliphatic heterocycles. The van der Waals surface area contributed by atoms with Crippen LogP contribution in [-0.2, 0) is 4.79 Å². The van der Waals surface area contributed by atoms with Gasteiger partial charge in [-0.15, -0.1) is 0 Å². The minimum absolute atomic E-state index is 0.180. The summed E-state index contributed by atoms with van der Waals surface area (Å²) in [5.74, 6) is -1.21. The smallest absolute Gasteiger partial charge is 0.345 e. The first kappa shape index (κ1) is 24.7. The molecule has 3 aromatic carbocycles. The van der Waals surface area contributed by atoms with E-state index in [4.69, 9.17) is 27.9 Å². The van der Waals surface area contributed by atoms with Crippen molar-refractivity contribution in [2.24, 2.45) is 5.10 Å². The summed E-state index contributed by atoms with van der Waals surface area (Å²) >= 11 is 13.9. The Morgan fingerprint density at radius 3 is 2.52 bits per heavy atom. The molecule has 2 N–H and O–H groups in total. The van der Waals surface area contributed by atoms with Gasteiger partial charge in [0.2, 0.25) is 0 Å². The lowest BCUT2D eigenvalue weighted by molar-refractivity contribution is -0.120. The lowest BCUT2D eigenvalue weighted by Gasteiger charge is -2.07. The van der Waals surface area contributed by atoms with E-state index in [1.807, 2.05) is 28.7 Å². The Hall–Kier alpha value is -2.95. The maximum atomic E-state index is 12.3. The molecule has 0 aliphatic carbocycles. The minimum atomic E-state index is -0.636. The molecular weight excluding hydrogens is 580 g/mol. The highest BCUT2D eigenvalue weighted by Crippen LogP contribution is 2.23. The zero-order valence-electron chi connectivity index (χ0n) is 16.8. The molecule has 0 spiro atoms. The Balaban J connectivity index is 1.52. The van der Waals surface area contributed by atoms with E-state index < -0.39 is 11.9 Å². The summed E-state index contributed by atoms with van der Waals surface area (Å²) in [6.45, 7) is -0.235. The van der Waals surface area contributed by atoms with E-state index >= 15 is 0 Å². The molecule has 0 bridgehead atoms. The van der Waals surface area contributed by atoms with Crippen LogP contribution in [0.25, 0.3) is 0 Å². The van der Waals surface area contributed by atoms with Gasteiger partial charge in [0.25, 0.3) is 11.8 Å². The topological polar surface area (TPSA) is 96.9 Å². The molecule has 0 unspecified atom stereocenters. The summed E-state index contributed by atoms with van der Waals surface area (Å²) < 4.78 is 6.12. The van der Waals surface area contributed by atoms with Crippen molar-refractivity contribution < 1.29 is 19.1 Å². The summed E-state index contributed by atoms with van der Waals surface area (Å²) in [4.78, 5) is 36.4. The molecule has 0 fully saturated rings. The highest BCUT2D eigenvalue weighted by molar-refractivity contribution is 14.1. The highest BCUT2D eigenvalue weighted by atomic mass is 127. The average molecular weight is 596 g/mol. The Kier molecular flexibility index (Phi) is 8.81. The van der Waals surface area contributed by atoms with Gasteiger partial charge in [-0.3, -0.25) is 9.59 Å². The summed E-state index contributed by atoms with van der Waals surface area (Å²) in [6, 6.07) is 18.1. The summed E-state index contributed by atoms with van der Waals surface area (Å²) in [6.07, 6.45) is 1.38. The van der Waals surface area contributed by atoms with Gasteiger partial charge in [-0.2, -0.15) is 5.10 Å². The standard InChI is InChI=1S/C23H16Cl2IN3O4/c24-15-8-9-17(19(25)11-15)23(32)33-16-5-3-4-14(10-16)12-28-29-21(30)13-27-22(31)18-6-1-2-7-20(18)26/h1-12H,13H2,(H,27,31)(H,29,30). The molecule has 7 nitrogen and oxygen atoms in total. The molecule has 0 radical (unpaired) electrons. The zero-order chi connectivity index (χ0) is 23.8. The maximum absolute atomic E-state index is 12.3. The molecule has 0 aliphatic rings. The fraction of sp³-hybridized carbons (Fsp3) is 0.0435. The van der Waals surface area contributed by atoms with Crippen molar-refractivity contribution >= 4 is 69.8 Å². The van der Waals surface area contributed by atoms with Crippen LogP contribution in [-0.4, -0.2) is 30.5 Å². The van der Waals surface area contributed by atoms with Gasteiger partial charge in [-0.25, -0.2) is 10.2 Å². The van der Waals surface area contributed by atoms with Crippen molar-refractivity contribution in [1.29, 1.82) is 0 Å². The first-order valence-electron chi connectivity index (χ1n) is 9.45. The molecule has 3 aromatic rings. The van der Waals surface area contributed by atoms with E-state index in [0.29, 0.717) is 16.1 Å². The number of amides is 2. The first-order valence-corrected chi connectivity index (χ1v) is 11.3. The van der Waals surface area contributed by atoms with E-state index in [1.54, 1.807) is 48.5 Å². The molecule has 3 rings (SSSR count). The van der Waals surface area contributed by atoms with E-state index in [2.05, 4.69) is 15.8 Å². The second-order valence-corrected chi connectivity index (χ2v) is 8.55. The second kappa shape index (κ2) is 11.8. The predicted octanol–water partition coefficient (Wildman–Crippen LogP) is 4.70. The number of hydrogen-bond donors (Lipinski definition) is 2. The van der Waals surface area contributed by atoms with E-state index in [0.717, 1.165) is 3.57 Å². The Morgan fingerprint density at radius 2 is 1.76 bits per heavy atom. The third kappa shape index (κ3) is 7.28. The molecule has 10 heteroatoms. The fourth-order valence-corrected chi connectivity index (χ4v) is 3.71. The monoisotopic (exact) mass is 595 g/mol. The number of carbonyl (C=O) groups is 3. The lowest BCUT2D eigenvalue weighted by atomic mass is 10.2. The largest absolute Gasteiger partial charge is 0.423 e. The third-order valence-electron chi connectivity index (χ3n) is 4.15. The number of benzene rings is 3. The molecule has 168 valence electrons. The van der Waals surface area contributed by atoms with Crippen molar-refractivity contribution in [3.8, 4) is 5.75 Å². The van der Waals surface area contributed by atoms with Crippen molar-refractivity contribution in [2.45, 2.75) is 0 Å². The van der Waals surface area contributed by atoms with Crippen LogP contribution in [0.4, 0.5) is 0 Å². The van der Waals surface area contributed by atoms with Crippen LogP contribution >= 0.6 is 45.8 Å². The number of carbonyl (C=O) groups excluding carboxylic acids is 3. The molecule has 2 amide bonds. The summed E-state index contributed by atoms with van der Waals surface area (Å²) in [5, 5.41) is 6.99. The number of nitrogens with one attached hydrogen (secondary N) is 2. The van der Waals surface area contributed by atoms with Gasteiger partial charge in [-0.05, 0) is 70.6 Å². The van der Waals surface area contributed by atoms with E-state index in [9.17, 15) is 14.4 Å². The highest BCUT2D eigenvalue weighted by Gasteiger charge is 2.13. The number of nitrogens with zero attached hydrogens (tertiary/aromatic N) is 1. The van der Waals surface area contributed by atoms with Gasteiger partial charge in [0, 0.05) is 8.59 Å². The first-order chi connectivity index (χ1) is 15.8. The second-order valence-electron chi connectivity index (χ2n) is 6.54. The number of ether oxygens (including phenoxy) is 1. The van der Waals surface area contributed by atoms with Gasteiger partial charge in [0.05, 0.1) is 28.9 Å².